The molecule has 5 heteroatoms. The van der Waals surface area contributed by atoms with Crippen LogP contribution in [0.2, 0.25) is 0 Å². The minimum absolute atomic E-state index is 0.228. The molecule has 3 aromatic carbocycles. The third-order valence-electron chi connectivity index (χ3n) is 5.91. The summed E-state index contributed by atoms with van der Waals surface area (Å²) in [6.45, 7) is 3.34. The van der Waals surface area contributed by atoms with E-state index in [1.807, 2.05) is 48.9 Å². The second kappa shape index (κ2) is 10.8. The molecule has 2 heterocycles. The van der Waals surface area contributed by atoms with Crippen molar-refractivity contribution in [2.75, 3.05) is 19.3 Å². The fourth-order valence-corrected chi connectivity index (χ4v) is 4.41. The van der Waals surface area contributed by atoms with Crippen molar-refractivity contribution >= 4 is 11.8 Å². The van der Waals surface area contributed by atoms with Gasteiger partial charge < -0.3 is 9.47 Å². The maximum Gasteiger partial charge on any atom is 0.124 e. The molecule has 0 N–H and O–H groups in total. The second-order valence-electron chi connectivity index (χ2n) is 8.47. The van der Waals surface area contributed by atoms with E-state index in [2.05, 4.69) is 64.5 Å². The van der Waals surface area contributed by atoms with Crippen LogP contribution in [0.4, 0.5) is 0 Å². The van der Waals surface area contributed by atoms with E-state index in [0.717, 1.165) is 47.3 Å². The van der Waals surface area contributed by atoms with E-state index in [4.69, 9.17) is 9.47 Å². The Morgan fingerprint density at radius 2 is 1.59 bits per heavy atom. The van der Waals surface area contributed by atoms with E-state index in [-0.39, 0.29) is 6.10 Å². The van der Waals surface area contributed by atoms with Gasteiger partial charge in [0, 0.05) is 31.4 Å². The SMILES string of the molecule is CSc1ccc(-c2ccc(OC3CN(Cc4cccc(OCc5ccccc5)c4)C3)cc2)cn1. The highest BCUT2D eigenvalue weighted by Crippen LogP contribution is 2.26. The molecule has 0 saturated carbocycles. The molecule has 0 radical (unpaired) electrons. The zero-order valence-corrected chi connectivity index (χ0v) is 20.1. The number of hydrogen-bond acceptors (Lipinski definition) is 5. The number of thioether (sulfide) groups is 1. The van der Waals surface area contributed by atoms with Gasteiger partial charge >= 0.3 is 0 Å². The predicted molar refractivity (Wildman–Crippen MR) is 138 cm³/mol. The smallest absolute Gasteiger partial charge is 0.124 e. The second-order valence-corrected chi connectivity index (χ2v) is 9.30. The molecular weight excluding hydrogens is 440 g/mol. The van der Waals surface area contributed by atoms with Crippen molar-refractivity contribution < 1.29 is 9.47 Å². The van der Waals surface area contributed by atoms with Crippen LogP contribution in [-0.4, -0.2) is 35.3 Å². The zero-order chi connectivity index (χ0) is 23.2. The topological polar surface area (TPSA) is 34.6 Å². The lowest BCUT2D eigenvalue weighted by atomic mass is 10.1. The van der Waals surface area contributed by atoms with Crippen molar-refractivity contribution in [3.63, 3.8) is 0 Å². The van der Waals surface area contributed by atoms with Crippen LogP contribution in [0.1, 0.15) is 11.1 Å². The monoisotopic (exact) mass is 468 g/mol. The van der Waals surface area contributed by atoms with Crippen molar-refractivity contribution in [1.82, 2.24) is 9.88 Å². The van der Waals surface area contributed by atoms with Crippen LogP contribution in [0.25, 0.3) is 11.1 Å². The maximum atomic E-state index is 6.17. The lowest BCUT2D eigenvalue weighted by Gasteiger charge is -2.39. The summed E-state index contributed by atoms with van der Waals surface area (Å²) < 4.78 is 12.1. The number of benzene rings is 3. The molecular formula is C29H28N2O2S. The Labute approximate surface area is 205 Å². The molecule has 4 nitrogen and oxygen atoms in total. The quantitative estimate of drug-likeness (QED) is 0.269. The number of nitrogens with zero attached hydrogens (tertiary/aromatic N) is 2. The molecule has 0 bridgehead atoms. The summed E-state index contributed by atoms with van der Waals surface area (Å²) in [5.41, 5.74) is 4.70. The van der Waals surface area contributed by atoms with Gasteiger partial charge in [-0.3, -0.25) is 4.90 Å². The summed E-state index contributed by atoms with van der Waals surface area (Å²) in [5.74, 6) is 1.83. The van der Waals surface area contributed by atoms with Gasteiger partial charge in [0.2, 0.25) is 0 Å². The summed E-state index contributed by atoms with van der Waals surface area (Å²) >= 11 is 1.65. The van der Waals surface area contributed by atoms with E-state index in [1.54, 1.807) is 11.8 Å². The lowest BCUT2D eigenvalue weighted by Crippen LogP contribution is -2.53. The molecule has 0 aliphatic carbocycles. The molecule has 1 fully saturated rings. The third-order valence-corrected chi connectivity index (χ3v) is 6.57. The first-order valence-corrected chi connectivity index (χ1v) is 12.7. The van der Waals surface area contributed by atoms with Gasteiger partial charge in [-0.25, -0.2) is 4.98 Å². The van der Waals surface area contributed by atoms with Crippen LogP contribution in [0.5, 0.6) is 11.5 Å². The molecule has 5 rings (SSSR count). The zero-order valence-electron chi connectivity index (χ0n) is 19.3. The van der Waals surface area contributed by atoms with Gasteiger partial charge in [0.05, 0.1) is 5.03 Å². The first kappa shape index (κ1) is 22.5. The first-order valence-electron chi connectivity index (χ1n) is 11.5. The fraction of sp³-hybridized carbons (Fsp3) is 0.207. The van der Waals surface area contributed by atoms with Crippen molar-refractivity contribution in [1.29, 1.82) is 0 Å². The molecule has 1 aromatic heterocycles. The standard InChI is InChI=1S/C29H28N2O2S/c1-34-29-15-12-25(17-30-29)24-10-13-26(14-11-24)33-28-19-31(20-28)18-23-8-5-9-27(16-23)32-21-22-6-3-2-4-7-22/h2-17,28H,18-21H2,1H3. The van der Waals surface area contributed by atoms with Gasteiger partial charge in [-0.1, -0.05) is 60.7 Å². The van der Waals surface area contributed by atoms with Crippen molar-refractivity contribution in [2.45, 2.75) is 24.3 Å². The summed E-state index contributed by atoms with van der Waals surface area (Å²) in [4.78, 5) is 6.85. The Balaban J connectivity index is 1.09. The number of likely N-dealkylation sites (tertiary alicyclic amines) is 1. The lowest BCUT2D eigenvalue weighted by molar-refractivity contribution is 0.0145. The number of rotatable bonds is 9. The van der Waals surface area contributed by atoms with E-state index >= 15 is 0 Å². The predicted octanol–water partition coefficient (Wildman–Crippen LogP) is 6.31. The van der Waals surface area contributed by atoms with Crippen LogP contribution in [0, 0.1) is 0 Å². The molecule has 0 spiro atoms. The van der Waals surface area contributed by atoms with Crippen LogP contribution >= 0.6 is 11.8 Å². The minimum atomic E-state index is 0.228. The van der Waals surface area contributed by atoms with E-state index in [1.165, 1.54) is 11.1 Å². The van der Waals surface area contributed by atoms with E-state index in [0.29, 0.717) is 6.61 Å². The largest absolute Gasteiger partial charge is 0.489 e. The fourth-order valence-electron chi connectivity index (χ4n) is 4.05. The van der Waals surface area contributed by atoms with Gasteiger partial charge in [-0.2, -0.15) is 0 Å². The van der Waals surface area contributed by atoms with Gasteiger partial charge in [0.1, 0.15) is 24.2 Å². The van der Waals surface area contributed by atoms with Crippen LogP contribution in [-0.2, 0) is 13.2 Å². The first-order chi connectivity index (χ1) is 16.7. The molecule has 0 amide bonds. The Kier molecular flexibility index (Phi) is 7.13. The summed E-state index contributed by atoms with van der Waals surface area (Å²) in [7, 11) is 0. The third kappa shape index (κ3) is 5.79. The highest BCUT2D eigenvalue weighted by atomic mass is 32.2. The maximum absolute atomic E-state index is 6.17. The molecule has 0 unspecified atom stereocenters. The summed E-state index contributed by atoms with van der Waals surface area (Å²) in [6, 6.07) is 31.1. The van der Waals surface area contributed by atoms with Crippen molar-refractivity contribution in [3.05, 3.63) is 108 Å². The normalized spacial score (nSPS) is 13.9. The molecule has 0 atom stereocenters. The van der Waals surface area contributed by atoms with Gasteiger partial charge in [-0.15, -0.1) is 11.8 Å². The molecule has 172 valence electrons. The number of ether oxygens (including phenoxy) is 2. The summed E-state index contributed by atoms with van der Waals surface area (Å²) in [6.07, 6.45) is 4.19. The Hall–Kier alpha value is -3.28. The van der Waals surface area contributed by atoms with Crippen molar-refractivity contribution in [3.8, 4) is 22.6 Å². The molecule has 1 aliphatic heterocycles. The number of aromatic nitrogens is 1. The van der Waals surface area contributed by atoms with E-state index < -0.39 is 0 Å². The molecule has 1 saturated heterocycles. The minimum Gasteiger partial charge on any atom is -0.489 e. The average molecular weight is 469 g/mol. The molecule has 34 heavy (non-hydrogen) atoms. The number of hydrogen-bond donors (Lipinski definition) is 0. The molecule has 4 aromatic rings. The highest BCUT2D eigenvalue weighted by molar-refractivity contribution is 7.98. The average Bonchev–Trinajstić information content (AvgIpc) is 2.87. The Morgan fingerprint density at radius 3 is 2.32 bits per heavy atom. The van der Waals surface area contributed by atoms with Gasteiger partial charge in [0.15, 0.2) is 0 Å². The van der Waals surface area contributed by atoms with Crippen LogP contribution in [0.15, 0.2) is 102 Å². The Bertz CT molecular complexity index is 1190. The van der Waals surface area contributed by atoms with E-state index in [9.17, 15) is 0 Å². The van der Waals surface area contributed by atoms with Gasteiger partial charge in [0.25, 0.3) is 0 Å². The molecule has 1 aliphatic rings. The van der Waals surface area contributed by atoms with Gasteiger partial charge in [-0.05, 0) is 53.3 Å². The van der Waals surface area contributed by atoms with Crippen LogP contribution < -0.4 is 9.47 Å². The Morgan fingerprint density at radius 1 is 0.824 bits per heavy atom. The number of pyridine rings is 1. The highest BCUT2D eigenvalue weighted by Gasteiger charge is 2.28. The summed E-state index contributed by atoms with van der Waals surface area (Å²) in [5, 5.41) is 1.03. The van der Waals surface area contributed by atoms with Crippen molar-refractivity contribution in [2.24, 2.45) is 0 Å². The van der Waals surface area contributed by atoms with Crippen LogP contribution in [0.3, 0.4) is 0 Å².